The van der Waals surface area contributed by atoms with Crippen molar-refractivity contribution in [1.29, 1.82) is 0 Å². The third-order valence-electron chi connectivity index (χ3n) is 6.17. The number of nitrogens with zero attached hydrogens (tertiary/aromatic N) is 2. The lowest BCUT2D eigenvalue weighted by Crippen LogP contribution is -2.39. The van der Waals surface area contributed by atoms with Crippen molar-refractivity contribution in [3.05, 3.63) is 108 Å². The number of aliphatic hydroxyl groups excluding tert-OH is 1. The molecule has 5 aromatic rings. The van der Waals surface area contributed by atoms with Crippen molar-refractivity contribution in [2.24, 2.45) is 0 Å². The fourth-order valence-corrected chi connectivity index (χ4v) is 6.08. The van der Waals surface area contributed by atoms with E-state index >= 15 is 0 Å². The lowest BCUT2D eigenvalue weighted by molar-refractivity contribution is 0.166. The molecular weight excluding hydrogens is 480 g/mol. The molecule has 5 rings (SSSR count). The molecule has 0 bridgehead atoms. The molecule has 0 aliphatic heterocycles. The second kappa shape index (κ2) is 9.38. The van der Waals surface area contributed by atoms with E-state index in [2.05, 4.69) is 16.7 Å². The van der Waals surface area contributed by atoms with Crippen LogP contribution in [-0.2, 0) is 16.6 Å². The van der Waals surface area contributed by atoms with E-state index < -0.39 is 16.1 Å². The Balaban J connectivity index is 1.53. The normalized spacial score (nSPS) is 12.8. The minimum absolute atomic E-state index is 0.102. The maximum atomic E-state index is 13.7. The molecule has 0 saturated carbocycles. The Hall–Kier alpha value is -3.32. The van der Waals surface area contributed by atoms with E-state index in [4.69, 9.17) is 11.6 Å². The zero-order valence-corrected chi connectivity index (χ0v) is 20.7. The van der Waals surface area contributed by atoms with E-state index in [1.165, 1.54) is 16.4 Å². The first kappa shape index (κ1) is 23.4. The number of para-hydroxylation sites is 2. The van der Waals surface area contributed by atoms with E-state index in [0.29, 0.717) is 10.7 Å². The second-order valence-electron chi connectivity index (χ2n) is 8.62. The zero-order valence-electron chi connectivity index (χ0n) is 19.2. The van der Waals surface area contributed by atoms with Crippen LogP contribution in [0.15, 0.2) is 102 Å². The van der Waals surface area contributed by atoms with Crippen molar-refractivity contribution in [3.63, 3.8) is 0 Å². The summed E-state index contributed by atoms with van der Waals surface area (Å²) in [7, 11) is -3.94. The molecule has 35 heavy (non-hydrogen) atoms. The van der Waals surface area contributed by atoms with Crippen molar-refractivity contribution < 1.29 is 13.5 Å². The molecule has 5 nitrogen and oxygen atoms in total. The van der Waals surface area contributed by atoms with Crippen molar-refractivity contribution in [1.82, 2.24) is 4.57 Å². The van der Waals surface area contributed by atoms with Gasteiger partial charge in [-0.15, -0.1) is 0 Å². The van der Waals surface area contributed by atoms with Crippen LogP contribution in [0.3, 0.4) is 0 Å². The molecular formula is C28H25ClN2O3S. The summed E-state index contributed by atoms with van der Waals surface area (Å²) in [5.41, 5.74) is 3.50. The lowest BCUT2D eigenvalue weighted by Gasteiger charge is -2.27. The quantitative estimate of drug-likeness (QED) is 0.295. The van der Waals surface area contributed by atoms with Crippen LogP contribution >= 0.6 is 11.6 Å². The Morgan fingerprint density at radius 1 is 0.829 bits per heavy atom. The zero-order chi connectivity index (χ0) is 24.6. The Labute approximate surface area is 209 Å². The first-order valence-corrected chi connectivity index (χ1v) is 13.2. The van der Waals surface area contributed by atoms with Gasteiger partial charge < -0.3 is 9.67 Å². The van der Waals surface area contributed by atoms with Crippen molar-refractivity contribution in [3.8, 4) is 0 Å². The van der Waals surface area contributed by atoms with Gasteiger partial charge >= 0.3 is 0 Å². The van der Waals surface area contributed by atoms with Gasteiger partial charge in [0.25, 0.3) is 10.0 Å². The van der Waals surface area contributed by atoms with Gasteiger partial charge in [-0.05, 0) is 55.5 Å². The molecule has 178 valence electrons. The second-order valence-corrected chi connectivity index (χ2v) is 10.9. The minimum atomic E-state index is -3.94. The van der Waals surface area contributed by atoms with Gasteiger partial charge in [-0.1, -0.05) is 65.7 Å². The van der Waals surface area contributed by atoms with Gasteiger partial charge in [0.05, 0.1) is 29.8 Å². The molecule has 0 radical (unpaired) electrons. The topological polar surface area (TPSA) is 62.5 Å². The molecule has 0 aliphatic rings. The summed E-state index contributed by atoms with van der Waals surface area (Å²) in [5.74, 6) is 0. The van der Waals surface area contributed by atoms with Gasteiger partial charge in [0.2, 0.25) is 0 Å². The van der Waals surface area contributed by atoms with Crippen LogP contribution in [0, 0.1) is 6.92 Å². The van der Waals surface area contributed by atoms with Gasteiger partial charge in [0, 0.05) is 26.8 Å². The Bertz CT molecular complexity index is 1540. The molecule has 4 aromatic carbocycles. The summed E-state index contributed by atoms with van der Waals surface area (Å²) < 4.78 is 30.6. The Morgan fingerprint density at radius 2 is 1.37 bits per heavy atom. The molecule has 1 heterocycles. The highest BCUT2D eigenvalue weighted by Gasteiger charge is 2.28. The van der Waals surface area contributed by atoms with Crippen molar-refractivity contribution >= 4 is 49.1 Å². The molecule has 0 spiro atoms. The number of fused-ring (bicyclic) bond motifs is 3. The monoisotopic (exact) mass is 504 g/mol. The van der Waals surface area contributed by atoms with Crippen molar-refractivity contribution in [2.75, 3.05) is 10.8 Å². The number of hydrogen-bond acceptors (Lipinski definition) is 3. The molecule has 0 amide bonds. The highest BCUT2D eigenvalue weighted by atomic mass is 35.5. The Morgan fingerprint density at radius 3 is 1.94 bits per heavy atom. The lowest BCUT2D eigenvalue weighted by atomic mass is 10.2. The number of anilines is 1. The van der Waals surface area contributed by atoms with Gasteiger partial charge in [0.1, 0.15) is 0 Å². The molecule has 0 saturated heterocycles. The van der Waals surface area contributed by atoms with E-state index in [-0.39, 0.29) is 18.0 Å². The van der Waals surface area contributed by atoms with Crippen LogP contribution in [0.4, 0.5) is 5.69 Å². The largest absolute Gasteiger partial charge is 0.389 e. The molecule has 1 unspecified atom stereocenters. The number of hydrogen-bond donors (Lipinski definition) is 1. The highest BCUT2D eigenvalue weighted by molar-refractivity contribution is 7.92. The number of aromatic nitrogens is 1. The van der Waals surface area contributed by atoms with Crippen LogP contribution in [-0.4, -0.2) is 30.7 Å². The van der Waals surface area contributed by atoms with E-state index in [0.717, 1.165) is 27.4 Å². The smallest absolute Gasteiger partial charge is 0.264 e. The van der Waals surface area contributed by atoms with Crippen LogP contribution in [0.5, 0.6) is 0 Å². The van der Waals surface area contributed by atoms with Gasteiger partial charge in [-0.2, -0.15) is 0 Å². The SMILES string of the molecule is Cc1ccc(N(CC(O)Cn2c3ccccc3c3ccccc32)S(=O)(=O)c2ccc(Cl)cc2)cc1. The van der Waals surface area contributed by atoms with E-state index in [1.807, 2.05) is 55.5 Å². The fraction of sp³-hybridized carbons (Fsp3) is 0.143. The molecule has 1 N–H and O–H groups in total. The van der Waals surface area contributed by atoms with Crippen LogP contribution in [0.1, 0.15) is 5.56 Å². The number of rotatable bonds is 7. The molecule has 1 aromatic heterocycles. The molecule has 7 heteroatoms. The molecule has 0 fully saturated rings. The van der Waals surface area contributed by atoms with Gasteiger partial charge in [-0.3, -0.25) is 4.31 Å². The predicted molar refractivity (Wildman–Crippen MR) is 143 cm³/mol. The predicted octanol–water partition coefficient (Wildman–Crippen LogP) is 6.01. The summed E-state index contributed by atoms with van der Waals surface area (Å²) in [5, 5.41) is 13.9. The van der Waals surface area contributed by atoms with Gasteiger partial charge in [0.15, 0.2) is 0 Å². The average Bonchev–Trinajstić information content (AvgIpc) is 3.17. The average molecular weight is 505 g/mol. The first-order valence-electron chi connectivity index (χ1n) is 11.3. The Kier molecular flexibility index (Phi) is 6.28. The van der Waals surface area contributed by atoms with Crippen molar-refractivity contribution in [2.45, 2.75) is 24.5 Å². The number of aliphatic hydroxyl groups is 1. The summed E-state index contributed by atoms with van der Waals surface area (Å²) in [6.07, 6.45) is -0.961. The van der Waals surface area contributed by atoms with Crippen LogP contribution in [0.25, 0.3) is 21.8 Å². The minimum Gasteiger partial charge on any atom is -0.389 e. The summed E-state index contributed by atoms with van der Waals surface area (Å²) in [6.45, 7) is 2.08. The first-order chi connectivity index (χ1) is 16.8. The summed E-state index contributed by atoms with van der Waals surface area (Å²) >= 11 is 5.98. The third kappa shape index (κ3) is 4.52. The van der Waals surface area contributed by atoms with E-state index in [9.17, 15) is 13.5 Å². The standard InChI is InChI=1S/C28H25ClN2O3S/c1-20-10-14-22(15-11-20)31(35(33,34)24-16-12-21(29)13-17-24)19-23(32)18-30-27-8-4-2-6-25(27)26-7-3-5-9-28(26)30/h2-17,23,32H,18-19H2,1H3. The number of sulfonamides is 1. The number of aryl methyl sites for hydroxylation is 1. The van der Waals surface area contributed by atoms with Crippen LogP contribution in [0.2, 0.25) is 5.02 Å². The maximum absolute atomic E-state index is 13.7. The fourth-order valence-electron chi connectivity index (χ4n) is 4.45. The maximum Gasteiger partial charge on any atom is 0.264 e. The summed E-state index contributed by atoms with van der Waals surface area (Å²) in [4.78, 5) is 0.117. The van der Waals surface area contributed by atoms with Crippen LogP contribution < -0.4 is 4.31 Å². The van der Waals surface area contributed by atoms with Gasteiger partial charge in [-0.25, -0.2) is 8.42 Å². The molecule has 1 atom stereocenters. The van der Waals surface area contributed by atoms with E-state index in [1.54, 1.807) is 24.3 Å². The summed E-state index contributed by atoms with van der Waals surface area (Å²) in [6, 6.07) is 29.4. The molecule has 0 aliphatic carbocycles. The number of halogens is 1. The highest BCUT2D eigenvalue weighted by Crippen LogP contribution is 2.30. The number of benzene rings is 4. The third-order valence-corrected chi connectivity index (χ3v) is 8.23.